The van der Waals surface area contributed by atoms with Crippen LogP contribution in [-0.2, 0) is 6.61 Å². The summed E-state index contributed by atoms with van der Waals surface area (Å²) < 4.78 is 7.72. The molecule has 7 heteroatoms. The van der Waals surface area contributed by atoms with Crippen molar-refractivity contribution in [2.45, 2.75) is 27.4 Å². The predicted octanol–water partition coefficient (Wildman–Crippen LogP) is 4.98. The molecule has 1 aromatic heterocycles. The molecule has 0 bridgehead atoms. The standard InChI is InChI=1S/C19H19ClN4OS/c1-12-8-13(2)17(14(3)9-12)10-21-24-18(22-23-19(24)26)11-25-16-6-4-15(20)5-7-16/h4-10H,11H2,1-3H3,(H,23,26). The van der Waals surface area contributed by atoms with Crippen LogP contribution in [-0.4, -0.2) is 21.1 Å². The number of aromatic amines is 1. The van der Waals surface area contributed by atoms with Gasteiger partial charge in [-0.25, -0.2) is 5.10 Å². The Hall–Kier alpha value is -2.44. The van der Waals surface area contributed by atoms with Gasteiger partial charge in [0.05, 0.1) is 6.21 Å². The third-order valence-electron chi connectivity index (χ3n) is 3.94. The first-order chi connectivity index (χ1) is 12.4. The van der Waals surface area contributed by atoms with Crippen LogP contribution in [0.4, 0.5) is 0 Å². The third-order valence-corrected chi connectivity index (χ3v) is 4.46. The molecule has 1 heterocycles. The minimum absolute atomic E-state index is 0.234. The van der Waals surface area contributed by atoms with Crippen molar-refractivity contribution >= 4 is 30.0 Å². The molecular formula is C19H19ClN4OS. The molecule has 0 radical (unpaired) electrons. The molecule has 0 aliphatic rings. The van der Waals surface area contributed by atoms with Crippen molar-refractivity contribution in [3.63, 3.8) is 0 Å². The van der Waals surface area contributed by atoms with Gasteiger partial charge in [-0.3, -0.25) is 0 Å². The van der Waals surface area contributed by atoms with E-state index in [1.165, 1.54) is 16.7 Å². The number of halogens is 1. The lowest BCUT2D eigenvalue weighted by molar-refractivity contribution is 0.290. The molecule has 0 fully saturated rings. The third kappa shape index (κ3) is 4.20. The summed E-state index contributed by atoms with van der Waals surface area (Å²) >= 11 is 11.2. The van der Waals surface area contributed by atoms with Gasteiger partial charge < -0.3 is 4.74 Å². The number of rotatable bonds is 5. The van der Waals surface area contributed by atoms with Gasteiger partial charge in [-0.05, 0) is 68.4 Å². The van der Waals surface area contributed by atoms with Gasteiger partial charge in [-0.15, -0.1) is 0 Å². The fourth-order valence-electron chi connectivity index (χ4n) is 2.73. The fraction of sp³-hybridized carbons (Fsp3) is 0.211. The molecule has 3 rings (SSSR count). The van der Waals surface area contributed by atoms with Gasteiger partial charge in [0, 0.05) is 10.6 Å². The zero-order valence-electron chi connectivity index (χ0n) is 14.8. The molecule has 0 unspecified atom stereocenters. The maximum absolute atomic E-state index is 5.88. The Kier molecular flexibility index (Phi) is 5.54. The predicted molar refractivity (Wildman–Crippen MR) is 107 cm³/mol. The van der Waals surface area contributed by atoms with Crippen LogP contribution in [0, 0.1) is 25.5 Å². The molecule has 134 valence electrons. The molecule has 26 heavy (non-hydrogen) atoms. The molecule has 0 saturated carbocycles. The summed E-state index contributed by atoms with van der Waals surface area (Å²) in [5.74, 6) is 1.28. The highest BCUT2D eigenvalue weighted by molar-refractivity contribution is 7.71. The van der Waals surface area contributed by atoms with Crippen LogP contribution in [0.3, 0.4) is 0 Å². The molecular weight excluding hydrogens is 368 g/mol. The minimum Gasteiger partial charge on any atom is -0.486 e. The summed E-state index contributed by atoms with van der Waals surface area (Å²) in [6.45, 7) is 6.46. The van der Waals surface area contributed by atoms with Crippen LogP contribution in [0.15, 0.2) is 41.5 Å². The molecule has 0 aliphatic carbocycles. The normalized spacial score (nSPS) is 11.2. The number of aromatic nitrogens is 3. The molecule has 0 spiro atoms. The number of hydrogen-bond acceptors (Lipinski definition) is 4. The summed E-state index contributed by atoms with van der Waals surface area (Å²) in [7, 11) is 0. The summed E-state index contributed by atoms with van der Waals surface area (Å²) in [4.78, 5) is 0. The SMILES string of the molecule is Cc1cc(C)c(C=Nn2c(COc3ccc(Cl)cc3)n[nH]c2=S)c(C)c1. The highest BCUT2D eigenvalue weighted by Crippen LogP contribution is 2.17. The van der Waals surface area contributed by atoms with Crippen molar-refractivity contribution < 1.29 is 4.74 Å². The van der Waals surface area contributed by atoms with Crippen molar-refractivity contribution in [1.82, 2.24) is 14.9 Å². The Bertz CT molecular complexity index is 982. The molecule has 1 N–H and O–H groups in total. The number of hydrogen-bond donors (Lipinski definition) is 1. The average Bonchev–Trinajstić information content (AvgIpc) is 2.93. The lowest BCUT2D eigenvalue weighted by atomic mass is 10.0. The van der Waals surface area contributed by atoms with E-state index in [2.05, 4.69) is 48.2 Å². The highest BCUT2D eigenvalue weighted by atomic mass is 35.5. The molecule has 3 aromatic rings. The van der Waals surface area contributed by atoms with Crippen molar-refractivity contribution in [1.29, 1.82) is 0 Å². The zero-order chi connectivity index (χ0) is 18.7. The second kappa shape index (κ2) is 7.85. The van der Waals surface area contributed by atoms with E-state index in [9.17, 15) is 0 Å². The summed E-state index contributed by atoms with van der Waals surface area (Å²) in [6, 6.07) is 11.4. The molecule has 5 nitrogen and oxygen atoms in total. The van der Waals surface area contributed by atoms with Crippen molar-refractivity contribution in [2.75, 3.05) is 0 Å². The number of nitrogens with one attached hydrogen (secondary N) is 1. The van der Waals surface area contributed by atoms with Crippen LogP contribution in [0.2, 0.25) is 5.02 Å². The molecule has 0 amide bonds. The van der Waals surface area contributed by atoms with Gasteiger partial charge in [-0.1, -0.05) is 29.3 Å². The van der Waals surface area contributed by atoms with Gasteiger partial charge >= 0.3 is 0 Å². The van der Waals surface area contributed by atoms with E-state index < -0.39 is 0 Å². The number of nitrogens with zero attached hydrogens (tertiary/aromatic N) is 3. The first-order valence-corrected chi connectivity index (χ1v) is 8.89. The van der Waals surface area contributed by atoms with Crippen molar-refractivity contribution in [3.8, 4) is 5.75 Å². The van der Waals surface area contributed by atoms with Crippen LogP contribution in [0.25, 0.3) is 0 Å². The van der Waals surface area contributed by atoms with Crippen molar-refractivity contribution in [2.24, 2.45) is 5.10 Å². The van der Waals surface area contributed by atoms with E-state index in [4.69, 9.17) is 28.6 Å². The van der Waals surface area contributed by atoms with E-state index in [-0.39, 0.29) is 6.61 Å². The van der Waals surface area contributed by atoms with Gasteiger partial charge in [0.25, 0.3) is 0 Å². The Morgan fingerprint density at radius 2 is 1.85 bits per heavy atom. The Morgan fingerprint density at radius 3 is 2.50 bits per heavy atom. The largest absolute Gasteiger partial charge is 0.486 e. The van der Waals surface area contributed by atoms with E-state index in [0.717, 1.165) is 5.56 Å². The lowest BCUT2D eigenvalue weighted by Crippen LogP contribution is -2.05. The Labute approximate surface area is 162 Å². The quantitative estimate of drug-likeness (QED) is 0.497. The van der Waals surface area contributed by atoms with Crippen LogP contribution in [0.5, 0.6) is 5.75 Å². The van der Waals surface area contributed by atoms with Gasteiger partial charge in [0.15, 0.2) is 5.82 Å². The van der Waals surface area contributed by atoms with E-state index >= 15 is 0 Å². The van der Waals surface area contributed by atoms with Gasteiger partial charge in [0.2, 0.25) is 4.77 Å². The Balaban J connectivity index is 1.82. The second-order valence-electron chi connectivity index (χ2n) is 6.06. The molecule has 0 atom stereocenters. The molecule has 0 saturated heterocycles. The number of benzene rings is 2. The van der Waals surface area contributed by atoms with E-state index in [0.29, 0.717) is 21.4 Å². The van der Waals surface area contributed by atoms with Crippen molar-refractivity contribution in [3.05, 3.63) is 74.3 Å². The molecule has 2 aromatic carbocycles. The van der Waals surface area contributed by atoms with E-state index in [1.807, 2.05) is 0 Å². The average molecular weight is 387 g/mol. The van der Waals surface area contributed by atoms with E-state index in [1.54, 1.807) is 35.2 Å². The summed E-state index contributed by atoms with van der Waals surface area (Å²) in [5, 5.41) is 12.1. The first-order valence-electron chi connectivity index (χ1n) is 8.11. The van der Waals surface area contributed by atoms with Crippen LogP contribution < -0.4 is 4.74 Å². The topological polar surface area (TPSA) is 55.2 Å². The summed E-state index contributed by atoms with van der Waals surface area (Å²) in [5.41, 5.74) is 4.64. The van der Waals surface area contributed by atoms with Crippen LogP contribution >= 0.6 is 23.8 Å². The van der Waals surface area contributed by atoms with Crippen LogP contribution in [0.1, 0.15) is 28.1 Å². The smallest absolute Gasteiger partial charge is 0.216 e. The zero-order valence-corrected chi connectivity index (χ0v) is 16.4. The summed E-state index contributed by atoms with van der Waals surface area (Å²) in [6.07, 6.45) is 1.81. The maximum Gasteiger partial charge on any atom is 0.216 e. The lowest BCUT2D eigenvalue weighted by Gasteiger charge is -2.07. The Morgan fingerprint density at radius 1 is 1.19 bits per heavy atom. The van der Waals surface area contributed by atoms with Gasteiger partial charge in [-0.2, -0.15) is 14.9 Å². The fourth-order valence-corrected chi connectivity index (χ4v) is 3.05. The highest BCUT2D eigenvalue weighted by Gasteiger charge is 2.07. The van der Waals surface area contributed by atoms with Gasteiger partial charge in [0.1, 0.15) is 12.4 Å². The minimum atomic E-state index is 0.234. The molecule has 0 aliphatic heterocycles. The number of aryl methyl sites for hydroxylation is 3. The first kappa shape index (κ1) is 18.4. The number of ether oxygens (including phenoxy) is 1. The number of H-pyrrole nitrogens is 1. The second-order valence-corrected chi connectivity index (χ2v) is 6.88. The maximum atomic E-state index is 5.88. The monoisotopic (exact) mass is 386 g/mol.